The van der Waals surface area contributed by atoms with E-state index in [1.807, 2.05) is 16.9 Å². The summed E-state index contributed by atoms with van der Waals surface area (Å²) in [5, 5.41) is 16.7. The molecule has 0 spiro atoms. The summed E-state index contributed by atoms with van der Waals surface area (Å²) in [6, 6.07) is 2.81. The van der Waals surface area contributed by atoms with Crippen molar-refractivity contribution >= 4 is 29.3 Å². The summed E-state index contributed by atoms with van der Waals surface area (Å²) < 4.78 is 0. The maximum Gasteiger partial charge on any atom is 0.332 e. The number of hydrogen-bond acceptors (Lipinski definition) is 5. The van der Waals surface area contributed by atoms with Crippen molar-refractivity contribution in [3.8, 4) is 0 Å². The monoisotopic (exact) mass is 212 g/mol. The van der Waals surface area contributed by atoms with Gasteiger partial charge < -0.3 is 10.9 Å². The van der Waals surface area contributed by atoms with E-state index in [1.165, 1.54) is 11.3 Å². The average molecular weight is 212 g/mol. The van der Waals surface area contributed by atoms with Gasteiger partial charge in [0, 0.05) is 0 Å². The Morgan fingerprint density at radius 2 is 2.50 bits per heavy atom. The number of carbonyl (C=O) groups excluding carboxylic acids is 1. The third-order valence-corrected chi connectivity index (χ3v) is 2.13. The van der Waals surface area contributed by atoms with Crippen LogP contribution in [0.1, 0.15) is 4.88 Å². The van der Waals surface area contributed by atoms with Crippen LogP contribution in [0.15, 0.2) is 27.8 Å². The van der Waals surface area contributed by atoms with Gasteiger partial charge in [0.05, 0.1) is 11.1 Å². The Bertz CT molecular complexity index is 358. The zero-order chi connectivity index (χ0) is 10.4. The Hall–Kier alpha value is -1.89. The highest BCUT2D eigenvalue weighted by Crippen LogP contribution is 2.08. The van der Waals surface area contributed by atoms with Crippen LogP contribution in [0.25, 0.3) is 0 Å². The van der Waals surface area contributed by atoms with Crippen LogP contribution in [-0.4, -0.2) is 23.2 Å². The Labute approximate surface area is 83.7 Å². The second kappa shape index (κ2) is 4.97. The van der Waals surface area contributed by atoms with Crippen LogP contribution in [0.4, 0.5) is 4.79 Å². The summed E-state index contributed by atoms with van der Waals surface area (Å²) in [5.41, 5.74) is 7.21. The van der Waals surface area contributed by atoms with Crippen LogP contribution < -0.4 is 11.2 Å². The predicted molar refractivity (Wildman–Crippen MR) is 53.9 cm³/mol. The number of hydrogen-bond donors (Lipinski definition) is 3. The molecule has 0 aromatic carbocycles. The molecule has 0 fully saturated rings. The highest BCUT2D eigenvalue weighted by molar-refractivity contribution is 7.12. The van der Waals surface area contributed by atoms with Gasteiger partial charge in [-0.3, -0.25) is 0 Å². The van der Waals surface area contributed by atoms with Gasteiger partial charge in [0.1, 0.15) is 5.71 Å². The lowest BCUT2D eigenvalue weighted by atomic mass is 10.3. The lowest BCUT2D eigenvalue weighted by molar-refractivity contribution is 0.249. The molecule has 0 saturated carbocycles. The first-order valence-electron chi connectivity index (χ1n) is 3.58. The van der Waals surface area contributed by atoms with Crippen molar-refractivity contribution in [2.75, 3.05) is 0 Å². The highest BCUT2D eigenvalue weighted by atomic mass is 32.1. The molecule has 6 nitrogen and oxygen atoms in total. The zero-order valence-corrected chi connectivity index (χ0v) is 7.86. The SMILES string of the molecule is NC(=O)N/N=C(\C=N\O)c1cccs1. The van der Waals surface area contributed by atoms with E-state index in [0.717, 1.165) is 11.1 Å². The number of rotatable bonds is 3. The molecule has 0 saturated heterocycles. The summed E-state index contributed by atoms with van der Waals surface area (Å²) in [6.07, 6.45) is 1.11. The highest BCUT2D eigenvalue weighted by Gasteiger charge is 2.02. The third kappa shape index (κ3) is 2.87. The van der Waals surface area contributed by atoms with Crippen molar-refractivity contribution < 1.29 is 10.0 Å². The maximum absolute atomic E-state index is 10.4. The summed E-state index contributed by atoms with van der Waals surface area (Å²) in [6.45, 7) is 0. The van der Waals surface area contributed by atoms with E-state index >= 15 is 0 Å². The molecule has 1 aromatic heterocycles. The molecule has 0 atom stereocenters. The molecule has 14 heavy (non-hydrogen) atoms. The van der Waals surface area contributed by atoms with Gasteiger partial charge in [0.2, 0.25) is 0 Å². The molecular weight excluding hydrogens is 204 g/mol. The lowest BCUT2D eigenvalue weighted by Crippen LogP contribution is -2.26. The quantitative estimate of drug-likeness (QED) is 0.388. The Balaban J connectivity index is 2.85. The van der Waals surface area contributed by atoms with Crippen LogP contribution in [0.5, 0.6) is 0 Å². The number of urea groups is 1. The minimum atomic E-state index is -0.773. The number of carbonyl (C=O) groups is 1. The van der Waals surface area contributed by atoms with Crippen LogP contribution in [0.2, 0.25) is 0 Å². The fourth-order valence-electron chi connectivity index (χ4n) is 0.742. The molecule has 1 rings (SSSR count). The number of oxime groups is 1. The minimum Gasteiger partial charge on any atom is -0.411 e. The first-order valence-corrected chi connectivity index (χ1v) is 4.46. The Kier molecular flexibility index (Phi) is 3.62. The number of thiophene rings is 1. The van der Waals surface area contributed by atoms with E-state index < -0.39 is 6.03 Å². The Morgan fingerprint density at radius 3 is 3.00 bits per heavy atom. The molecular formula is C7H8N4O2S. The van der Waals surface area contributed by atoms with Crippen molar-refractivity contribution in [3.05, 3.63) is 22.4 Å². The van der Waals surface area contributed by atoms with Crippen molar-refractivity contribution in [1.29, 1.82) is 0 Å². The molecule has 4 N–H and O–H groups in total. The van der Waals surface area contributed by atoms with Crippen LogP contribution in [0.3, 0.4) is 0 Å². The van der Waals surface area contributed by atoms with E-state index in [0.29, 0.717) is 5.71 Å². The number of nitrogens with two attached hydrogens (primary N) is 1. The number of primary amides is 1. The van der Waals surface area contributed by atoms with Crippen LogP contribution in [-0.2, 0) is 0 Å². The van der Waals surface area contributed by atoms with Gasteiger partial charge in [0.15, 0.2) is 0 Å². The Morgan fingerprint density at radius 1 is 1.71 bits per heavy atom. The van der Waals surface area contributed by atoms with Crippen LogP contribution in [0, 0.1) is 0 Å². The van der Waals surface area contributed by atoms with Gasteiger partial charge in [-0.15, -0.1) is 11.3 Å². The molecule has 0 aliphatic heterocycles. The fraction of sp³-hybridized carbons (Fsp3) is 0. The summed E-state index contributed by atoms with van der Waals surface area (Å²) in [7, 11) is 0. The summed E-state index contributed by atoms with van der Waals surface area (Å²) in [4.78, 5) is 11.1. The number of nitrogens with one attached hydrogen (secondary N) is 1. The van der Waals surface area contributed by atoms with Gasteiger partial charge in [-0.25, -0.2) is 10.2 Å². The van der Waals surface area contributed by atoms with Crippen molar-refractivity contribution in [2.45, 2.75) is 0 Å². The van der Waals surface area contributed by atoms with Crippen molar-refractivity contribution in [3.63, 3.8) is 0 Å². The van der Waals surface area contributed by atoms with Gasteiger partial charge >= 0.3 is 6.03 Å². The average Bonchev–Trinajstić information content (AvgIpc) is 2.64. The van der Waals surface area contributed by atoms with Crippen molar-refractivity contribution in [2.24, 2.45) is 16.0 Å². The largest absolute Gasteiger partial charge is 0.411 e. The second-order valence-electron chi connectivity index (χ2n) is 2.19. The molecule has 1 aromatic rings. The normalized spacial score (nSPS) is 11.9. The zero-order valence-electron chi connectivity index (χ0n) is 7.04. The van der Waals surface area contributed by atoms with Gasteiger partial charge in [0.25, 0.3) is 0 Å². The summed E-state index contributed by atoms with van der Waals surface area (Å²) in [5.74, 6) is 0. The fourth-order valence-corrected chi connectivity index (χ4v) is 1.42. The smallest absolute Gasteiger partial charge is 0.332 e. The molecule has 0 radical (unpaired) electrons. The van der Waals surface area contributed by atoms with Gasteiger partial charge in [-0.05, 0) is 11.4 Å². The van der Waals surface area contributed by atoms with Gasteiger partial charge in [-0.2, -0.15) is 5.10 Å². The first-order chi connectivity index (χ1) is 6.74. The van der Waals surface area contributed by atoms with E-state index in [2.05, 4.69) is 10.3 Å². The van der Waals surface area contributed by atoms with E-state index in [1.54, 1.807) is 6.07 Å². The molecule has 2 amide bonds. The molecule has 7 heteroatoms. The van der Waals surface area contributed by atoms with Crippen LogP contribution >= 0.6 is 11.3 Å². The molecule has 0 bridgehead atoms. The topological polar surface area (TPSA) is 100 Å². The van der Waals surface area contributed by atoms with Crippen molar-refractivity contribution in [1.82, 2.24) is 5.43 Å². The standard InChI is InChI=1S/C7H8N4O2S/c8-7(12)11-10-5(4-9-13)6-2-1-3-14-6/h1-4,13H,(H3,8,11,12)/b9-4+,10-5+. The molecule has 0 aliphatic rings. The lowest BCUT2D eigenvalue weighted by Gasteiger charge is -1.96. The minimum absolute atomic E-state index is 0.335. The molecule has 74 valence electrons. The van der Waals surface area contributed by atoms with E-state index in [-0.39, 0.29) is 0 Å². The predicted octanol–water partition coefficient (Wildman–Crippen LogP) is 0.581. The van der Waals surface area contributed by atoms with Gasteiger partial charge in [-0.1, -0.05) is 11.2 Å². The number of hydrazone groups is 1. The maximum atomic E-state index is 10.4. The van der Waals surface area contributed by atoms with E-state index in [4.69, 9.17) is 10.9 Å². The van der Waals surface area contributed by atoms with E-state index in [9.17, 15) is 4.79 Å². The molecule has 1 heterocycles. The first kappa shape index (κ1) is 10.2. The number of nitrogens with zero attached hydrogens (tertiary/aromatic N) is 2. The third-order valence-electron chi connectivity index (χ3n) is 1.24. The molecule has 0 unspecified atom stereocenters. The summed E-state index contributed by atoms with van der Waals surface area (Å²) >= 11 is 1.40. The number of amides is 2. The molecule has 0 aliphatic carbocycles. The second-order valence-corrected chi connectivity index (χ2v) is 3.14.